The summed E-state index contributed by atoms with van der Waals surface area (Å²) in [5.74, 6) is -0.800. The SMILES string of the molecule is CCOC(=O)c1c(NC(=O)C2CCCN2S(C)(=O)=O)sc2c1CCCC2. The Morgan fingerprint density at radius 1 is 1.27 bits per heavy atom. The van der Waals surface area contributed by atoms with E-state index in [1.54, 1.807) is 6.92 Å². The van der Waals surface area contributed by atoms with Crippen LogP contribution in [0.4, 0.5) is 5.00 Å². The quantitative estimate of drug-likeness (QED) is 0.765. The minimum atomic E-state index is -3.44. The van der Waals surface area contributed by atoms with Crippen molar-refractivity contribution in [1.29, 1.82) is 0 Å². The summed E-state index contributed by atoms with van der Waals surface area (Å²) in [5.41, 5.74) is 1.42. The molecule has 1 saturated heterocycles. The van der Waals surface area contributed by atoms with Gasteiger partial charge in [-0.15, -0.1) is 11.3 Å². The molecule has 1 aliphatic carbocycles. The summed E-state index contributed by atoms with van der Waals surface area (Å²) >= 11 is 1.41. The van der Waals surface area contributed by atoms with Gasteiger partial charge in [0, 0.05) is 11.4 Å². The van der Waals surface area contributed by atoms with Crippen LogP contribution in [0, 0.1) is 0 Å². The van der Waals surface area contributed by atoms with Gasteiger partial charge < -0.3 is 10.1 Å². The first-order valence-corrected chi connectivity index (χ1v) is 11.6. The van der Waals surface area contributed by atoms with E-state index in [0.717, 1.165) is 42.4 Å². The number of nitrogens with one attached hydrogen (secondary N) is 1. The number of carbonyl (C=O) groups excluding carboxylic acids is 2. The number of nitrogens with zero attached hydrogens (tertiary/aromatic N) is 1. The molecule has 1 fully saturated rings. The van der Waals surface area contributed by atoms with Crippen LogP contribution < -0.4 is 5.32 Å². The van der Waals surface area contributed by atoms with E-state index in [4.69, 9.17) is 4.74 Å². The molecule has 26 heavy (non-hydrogen) atoms. The standard InChI is InChI=1S/C17H24N2O5S2/c1-3-24-17(21)14-11-7-4-5-9-13(11)25-16(14)18-15(20)12-8-6-10-19(12)26(2,22)23/h12H,3-10H2,1-2H3,(H,18,20). The second kappa shape index (κ2) is 7.66. The largest absolute Gasteiger partial charge is 0.462 e. The summed E-state index contributed by atoms with van der Waals surface area (Å²) in [5, 5.41) is 3.31. The summed E-state index contributed by atoms with van der Waals surface area (Å²) in [7, 11) is -3.44. The van der Waals surface area contributed by atoms with E-state index in [1.807, 2.05) is 0 Å². The summed E-state index contributed by atoms with van der Waals surface area (Å²) in [6.45, 7) is 2.36. The molecule has 1 atom stereocenters. The van der Waals surface area contributed by atoms with Crippen LogP contribution in [0.1, 0.15) is 53.4 Å². The lowest BCUT2D eigenvalue weighted by atomic mass is 9.95. The zero-order chi connectivity index (χ0) is 18.9. The van der Waals surface area contributed by atoms with Gasteiger partial charge in [0.05, 0.1) is 18.4 Å². The molecule has 1 unspecified atom stereocenters. The fraction of sp³-hybridized carbons (Fsp3) is 0.647. The molecule has 1 amide bonds. The van der Waals surface area contributed by atoms with Crippen molar-refractivity contribution in [2.75, 3.05) is 24.7 Å². The highest BCUT2D eigenvalue weighted by atomic mass is 32.2. The Bertz CT molecular complexity index is 815. The highest BCUT2D eigenvalue weighted by Gasteiger charge is 2.37. The van der Waals surface area contributed by atoms with Crippen molar-refractivity contribution in [1.82, 2.24) is 4.31 Å². The van der Waals surface area contributed by atoms with Gasteiger partial charge >= 0.3 is 5.97 Å². The van der Waals surface area contributed by atoms with Gasteiger partial charge in [-0.1, -0.05) is 0 Å². The second-order valence-corrected chi connectivity index (χ2v) is 9.70. The predicted molar refractivity (Wildman–Crippen MR) is 100 cm³/mol. The molecule has 0 aromatic carbocycles. The number of carbonyl (C=O) groups is 2. The van der Waals surface area contributed by atoms with Crippen molar-refractivity contribution in [3.05, 3.63) is 16.0 Å². The zero-order valence-electron chi connectivity index (χ0n) is 15.0. The number of aryl methyl sites for hydroxylation is 1. The van der Waals surface area contributed by atoms with Gasteiger partial charge in [0.2, 0.25) is 15.9 Å². The molecule has 144 valence electrons. The molecule has 9 heteroatoms. The number of amides is 1. The van der Waals surface area contributed by atoms with Crippen molar-refractivity contribution in [3.63, 3.8) is 0 Å². The van der Waals surface area contributed by atoms with Crippen molar-refractivity contribution in [2.24, 2.45) is 0 Å². The summed E-state index contributed by atoms with van der Waals surface area (Å²) in [6, 6.07) is -0.723. The smallest absolute Gasteiger partial charge is 0.341 e. The van der Waals surface area contributed by atoms with Gasteiger partial charge in [0.15, 0.2) is 0 Å². The number of esters is 1. The summed E-state index contributed by atoms with van der Waals surface area (Å²) in [6.07, 6.45) is 6.01. The van der Waals surface area contributed by atoms with Crippen molar-refractivity contribution in [2.45, 2.75) is 51.5 Å². The van der Waals surface area contributed by atoms with Gasteiger partial charge in [-0.2, -0.15) is 4.31 Å². The van der Waals surface area contributed by atoms with Crippen LogP contribution in [-0.2, 0) is 32.4 Å². The predicted octanol–water partition coefficient (Wildman–Crippen LogP) is 2.17. The Balaban J connectivity index is 1.88. The first-order valence-electron chi connectivity index (χ1n) is 8.92. The second-order valence-electron chi connectivity index (χ2n) is 6.66. The molecule has 0 bridgehead atoms. The van der Waals surface area contributed by atoms with Crippen molar-refractivity contribution < 1.29 is 22.7 Å². The molecule has 2 heterocycles. The van der Waals surface area contributed by atoms with Crippen LogP contribution >= 0.6 is 11.3 Å². The Morgan fingerprint density at radius 2 is 2.00 bits per heavy atom. The molecule has 1 N–H and O–H groups in total. The summed E-state index contributed by atoms with van der Waals surface area (Å²) < 4.78 is 30.2. The van der Waals surface area contributed by atoms with E-state index >= 15 is 0 Å². The average molecular weight is 401 g/mol. The van der Waals surface area contributed by atoms with Crippen molar-refractivity contribution >= 4 is 38.2 Å². The number of fused-ring (bicyclic) bond motifs is 1. The lowest BCUT2D eigenvalue weighted by Crippen LogP contribution is -2.42. The van der Waals surface area contributed by atoms with E-state index in [-0.39, 0.29) is 12.5 Å². The molecule has 7 nitrogen and oxygen atoms in total. The number of hydrogen-bond donors (Lipinski definition) is 1. The van der Waals surface area contributed by atoms with Crippen LogP contribution in [0.15, 0.2) is 0 Å². The number of thiophene rings is 1. The topological polar surface area (TPSA) is 92.8 Å². The molecule has 3 rings (SSSR count). The zero-order valence-corrected chi connectivity index (χ0v) is 16.7. The minimum absolute atomic E-state index is 0.265. The number of ether oxygens (including phenoxy) is 1. The van der Waals surface area contributed by atoms with E-state index < -0.39 is 22.0 Å². The number of hydrogen-bond acceptors (Lipinski definition) is 6. The average Bonchev–Trinajstić information content (AvgIpc) is 3.19. The minimum Gasteiger partial charge on any atom is -0.462 e. The molecular weight excluding hydrogens is 376 g/mol. The maximum absolute atomic E-state index is 12.8. The highest BCUT2D eigenvalue weighted by Crippen LogP contribution is 2.39. The van der Waals surface area contributed by atoms with Crippen LogP contribution in [-0.4, -0.2) is 50.0 Å². The van der Waals surface area contributed by atoms with Crippen molar-refractivity contribution in [3.8, 4) is 0 Å². The van der Waals surface area contributed by atoms with E-state index in [9.17, 15) is 18.0 Å². The van der Waals surface area contributed by atoms with Gasteiger partial charge in [0.1, 0.15) is 11.0 Å². The van der Waals surface area contributed by atoms with Crippen LogP contribution in [0.25, 0.3) is 0 Å². The molecule has 1 aromatic rings. The van der Waals surface area contributed by atoms with Crippen LogP contribution in [0.3, 0.4) is 0 Å². The highest BCUT2D eigenvalue weighted by molar-refractivity contribution is 7.88. The molecule has 2 aliphatic rings. The number of anilines is 1. The number of sulfonamides is 1. The van der Waals surface area contributed by atoms with Gasteiger partial charge in [-0.25, -0.2) is 13.2 Å². The molecule has 1 aliphatic heterocycles. The van der Waals surface area contributed by atoms with Crippen LogP contribution in [0.5, 0.6) is 0 Å². The lowest BCUT2D eigenvalue weighted by molar-refractivity contribution is -0.119. The van der Waals surface area contributed by atoms with E-state index in [2.05, 4.69) is 5.32 Å². The first kappa shape index (κ1) is 19.3. The molecule has 0 radical (unpaired) electrons. The maximum Gasteiger partial charge on any atom is 0.341 e. The Labute approximate surface area is 157 Å². The Kier molecular flexibility index (Phi) is 5.69. The monoisotopic (exact) mass is 400 g/mol. The first-order chi connectivity index (χ1) is 12.3. The Morgan fingerprint density at radius 3 is 2.69 bits per heavy atom. The third-order valence-electron chi connectivity index (χ3n) is 4.82. The molecule has 1 aromatic heterocycles. The molecule has 0 saturated carbocycles. The fourth-order valence-corrected chi connectivity index (χ4v) is 6.07. The lowest BCUT2D eigenvalue weighted by Gasteiger charge is -2.21. The normalized spacial score (nSPS) is 20.6. The van der Waals surface area contributed by atoms with E-state index in [0.29, 0.717) is 30.0 Å². The Hall–Kier alpha value is -1.45. The maximum atomic E-state index is 12.8. The molecule has 0 spiro atoms. The number of rotatable bonds is 5. The fourth-order valence-electron chi connectivity index (χ4n) is 3.67. The van der Waals surface area contributed by atoms with Gasteiger partial charge in [-0.3, -0.25) is 4.79 Å². The van der Waals surface area contributed by atoms with Gasteiger partial charge in [-0.05, 0) is 51.0 Å². The molecular formula is C17H24N2O5S2. The third kappa shape index (κ3) is 3.79. The van der Waals surface area contributed by atoms with Crippen LogP contribution in [0.2, 0.25) is 0 Å². The third-order valence-corrected chi connectivity index (χ3v) is 7.32. The van der Waals surface area contributed by atoms with Gasteiger partial charge in [0.25, 0.3) is 0 Å². The summed E-state index contributed by atoms with van der Waals surface area (Å²) in [4.78, 5) is 26.3. The van der Waals surface area contributed by atoms with E-state index in [1.165, 1.54) is 15.6 Å².